The summed E-state index contributed by atoms with van der Waals surface area (Å²) in [6.07, 6.45) is 8.23. The van der Waals surface area contributed by atoms with E-state index in [1.54, 1.807) is 6.07 Å². The number of aromatic hydroxyl groups is 1. The number of ether oxygens (including phenoxy) is 2. The van der Waals surface area contributed by atoms with Crippen LogP contribution in [0.5, 0.6) is 5.75 Å². The van der Waals surface area contributed by atoms with E-state index in [4.69, 9.17) is 9.47 Å². The first-order chi connectivity index (χ1) is 17.1. The summed E-state index contributed by atoms with van der Waals surface area (Å²) in [4.78, 5) is 0. The van der Waals surface area contributed by atoms with Gasteiger partial charge in [-0.3, -0.25) is 0 Å². The van der Waals surface area contributed by atoms with E-state index in [1.807, 2.05) is 6.07 Å². The smallest absolute Gasteiger partial charge is 0.119 e. The molecular formula is C32H42O3. The Morgan fingerprint density at radius 1 is 0.600 bits per heavy atom. The van der Waals surface area contributed by atoms with Gasteiger partial charge in [0.25, 0.3) is 0 Å². The van der Waals surface area contributed by atoms with E-state index < -0.39 is 0 Å². The maximum atomic E-state index is 10.5. The molecule has 0 aromatic heterocycles. The standard InChI is InChI=1S/C32H42O3/c1-26(34-22-11-9-18-28-14-5-3-6-15-28)24-30-20-13-21-32(33)31(30)25-27(2)35-23-12-10-19-29-16-7-4-8-17-29/h3-8,13-17,20-21,26-27,33H,9-12,18-19,22-25H2,1-2H3. The highest BCUT2D eigenvalue weighted by Gasteiger charge is 2.15. The summed E-state index contributed by atoms with van der Waals surface area (Å²) in [7, 11) is 0. The van der Waals surface area contributed by atoms with E-state index in [1.165, 1.54) is 11.1 Å². The highest BCUT2D eigenvalue weighted by Crippen LogP contribution is 2.25. The van der Waals surface area contributed by atoms with Crippen molar-refractivity contribution in [2.24, 2.45) is 0 Å². The minimum Gasteiger partial charge on any atom is -0.508 e. The molecule has 0 aliphatic rings. The predicted octanol–water partition coefficient (Wildman–Crippen LogP) is 7.33. The molecule has 0 heterocycles. The van der Waals surface area contributed by atoms with Gasteiger partial charge in [0.05, 0.1) is 12.2 Å². The van der Waals surface area contributed by atoms with E-state index in [2.05, 4.69) is 80.6 Å². The van der Waals surface area contributed by atoms with Crippen LogP contribution in [0.4, 0.5) is 0 Å². The number of hydrogen-bond donors (Lipinski definition) is 1. The number of phenolic OH excluding ortho intramolecular Hbond substituents is 1. The fourth-order valence-corrected chi connectivity index (χ4v) is 4.48. The summed E-state index contributed by atoms with van der Waals surface area (Å²) >= 11 is 0. The van der Waals surface area contributed by atoms with E-state index in [-0.39, 0.29) is 12.2 Å². The molecule has 0 spiro atoms. The Morgan fingerprint density at radius 2 is 1.11 bits per heavy atom. The quantitative estimate of drug-likeness (QED) is 0.221. The minimum atomic E-state index is 0.0630. The molecule has 0 aliphatic carbocycles. The summed E-state index contributed by atoms with van der Waals surface area (Å²) in [5.74, 6) is 0.358. The Bertz CT molecular complexity index is 955. The molecule has 0 bridgehead atoms. The number of benzene rings is 3. The van der Waals surface area contributed by atoms with Crippen LogP contribution in [0.25, 0.3) is 0 Å². The van der Waals surface area contributed by atoms with Gasteiger partial charge in [-0.25, -0.2) is 0 Å². The fourth-order valence-electron chi connectivity index (χ4n) is 4.48. The number of rotatable bonds is 16. The van der Waals surface area contributed by atoms with E-state index >= 15 is 0 Å². The average molecular weight is 475 g/mol. The average Bonchev–Trinajstić information content (AvgIpc) is 2.87. The van der Waals surface area contributed by atoms with Crippen LogP contribution < -0.4 is 0 Å². The molecule has 3 aromatic carbocycles. The SMILES string of the molecule is CC(Cc1cccc(O)c1CC(C)OCCCCc1ccccc1)OCCCCc1ccccc1. The molecule has 3 heteroatoms. The summed E-state index contributed by atoms with van der Waals surface area (Å²) in [6, 6.07) is 27.0. The Hall–Kier alpha value is -2.62. The molecule has 2 unspecified atom stereocenters. The zero-order valence-corrected chi connectivity index (χ0v) is 21.5. The molecule has 1 N–H and O–H groups in total. The van der Waals surface area contributed by atoms with Gasteiger partial charge in [0.15, 0.2) is 0 Å². The Labute approximate surface area is 212 Å². The minimum absolute atomic E-state index is 0.0630. The van der Waals surface area contributed by atoms with E-state index in [0.717, 1.165) is 69.3 Å². The Morgan fingerprint density at radius 3 is 1.66 bits per heavy atom. The molecule has 35 heavy (non-hydrogen) atoms. The maximum absolute atomic E-state index is 10.5. The maximum Gasteiger partial charge on any atom is 0.119 e. The van der Waals surface area contributed by atoms with Crippen LogP contribution in [0.2, 0.25) is 0 Å². The first-order valence-electron chi connectivity index (χ1n) is 13.2. The van der Waals surface area contributed by atoms with Crippen LogP contribution in [0.15, 0.2) is 78.9 Å². The molecule has 0 saturated carbocycles. The third kappa shape index (κ3) is 10.3. The number of phenols is 1. The lowest BCUT2D eigenvalue weighted by Crippen LogP contribution is -2.17. The molecule has 2 atom stereocenters. The summed E-state index contributed by atoms with van der Waals surface area (Å²) in [5, 5.41) is 10.5. The van der Waals surface area contributed by atoms with Crippen molar-refractivity contribution < 1.29 is 14.6 Å². The van der Waals surface area contributed by atoms with Crippen molar-refractivity contribution in [2.75, 3.05) is 13.2 Å². The van der Waals surface area contributed by atoms with Gasteiger partial charge in [0.1, 0.15) is 5.75 Å². The normalized spacial score (nSPS) is 13.0. The first kappa shape index (κ1) is 27.0. The van der Waals surface area contributed by atoms with Gasteiger partial charge in [0, 0.05) is 19.6 Å². The van der Waals surface area contributed by atoms with Crippen LogP contribution in [-0.4, -0.2) is 30.5 Å². The largest absolute Gasteiger partial charge is 0.508 e. The van der Waals surface area contributed by atoms with Crippen LogP contribution in [0, 0.1) is 0 Å². The second-order valence-electron chi connectivity index (χ2n) is 9.57. The van der Waals surface area contributed by atoms with Crippen molar-refractivity contribution in [3.8, 4) is 5.75 Å². The molecule has 0 amide bonds. The van der Waals surface area contributed by atoms with Crippen molar-refractivity contribution >= 4 is 0 Å². The molecule has 3 nitrogen and oxygen atoms in total. The molecule has 188 valence electrons. The molecule has 0 saturated heterocycles. The van der Waals surface area contributed by atoms with Gasteiger partial charge in [-0.05, 0) is 87.1 Å². The fraction of sp³-hybridized carbons (Fsp3) is 0.438. The van der Waals surface area contributed by atoms with Crippen LogP contribution in [-0.2, 0) is 35.2 Å². The van der Waals surface area contributed by atoms with E-state index in [9.17, 15) is 5.11 Å². The molecule has 3 aromatic rings. The lowest BCUT2D eigenvalue weighted by atomic mass is 9.97. The van der Waals surface area contributed by atoms with Gasteiger partial charge in [-0.15, -0.1) is 0 Å². The molecular weight excluding hydrogens is 432 g/mol. The van der Waals surface area contributed by atoms with Crippen molar-refractivity contribution in [1.82, 2.24) is 0 Å². The summed E-state index contributed by atoms with van der Waals surface area (Å²) in [5.41, 5.74) is 4.91. The van der Waals surface area contributed by atoms with Gasteiger partial charge >= 0.3 is 0 Å². The predicted molar refractivity (Wildman–Crippen MR) is 145 cm³/mol. The van der Waals surface area contributed by atoms with Crippen molar-refractivity contribution in [2.45, 2.75) is 77.4 Å². The highest BCUT2D eigenvalue weighted by atomic mass is 16.5. The lowest BCUT2D eigenvalue weighted by Gasteiger charge is -2.19. The first-order valence-corrected chi connectivity index (χ1v) is 13.2. The van der Waals surface area contributed by atoms with Crippen LogP contribution >= 0.6 is 0 Å². The van der Waals surface area contributed by atoms with Gasteiger partial charge < -0.3 is 14.6 Å². The summed E-state index contributed by atoms with van der Waals surface area (Å²) in [6.45, 7) is 5.74. The molecule has 0 fully saturated rings. The molecule has 3 rings (SSSR count). The lowest BCUT2D eigenvalue weighted by molar-refractivity contribution is 0.0598. The zero-order chi connectivity index (χ0) is 24.7. The number of aryl methyl sites for hydroxylation is 2. The topological polar surface area (TPSA) is 38.7 Å². The number of hydrogen-bond acceptors (Lipinski definition) is 3. The van der Waals surface area contributed by atoms with Gasteiger partial charge in [-0.2, -0.15) is 0 Å². The van der Waals surface area contributed by atoms with Crippen molar-refractivity contribution in [3.63, 3.8) is 0 Å². The van der Waals surface area contributed by atoms with Crippen LogP contribution in [0.1, 0.15) is 61.8 Å². The van der Waals surface area contributed by atoms with Crippen molar-refractivity contribution in [1.29, 1.82) is 0 Å². The Kier molecular flexibility index (Phi) is 11.9. The van der Waals surface area contributed by atoms with Gasteiger partial charge in [-0.1, -0.05) is 72.8 Å². The monoisotopic (exact) mass is 474 g/mol. The highest BCUT2D eigenvalue weighted by molar-refractivity contribution is 5.40. The van der Waals surface area contributed by atoms with Crippen molar-refractivity contribution in [3.05, 3.63) is 101 Å². The Balaban J connectivity index is 1.36. The molecule has 0 radical (unpaired) electrons. The second kappa shape index (κ2) is 15.4. The summed E-state index contributed by atoms with van der Waals surface area (Å²) < 4.78 is 12.2. The van der Waals surface area contributed by atoms with E-state index in [0.29, 0.717) is 12.2 Å². The second-order valence-corrected chi connectivity index (χ2v) is 9.57. The zero-order valence-electron chi connectivity index (χ0n) is 21.5. The number of unbranched alkanes of at least 4 members (excludes halogenated alkanes) is 2. The van der Waals surface area contributed by atoms with Gasteiger partial charge in [0.2, 0.25) is 0 Å². The third-order valence-corrected chi connectivity index (χ3v) is 6.46. The third-order valence-electron chi connectivity index (χ3n) is 6.46. The van der Waals surface area contributed by atoms with Crippen LogP contribution in [0.3, 0.4) is 0 Å². The molecule has 0 aliphatic heterocycles.